The van der Waals surface area contributed by atoms with Gasteiger partial charge in [0.05, 0.1) is 0 Å². The minimum atomic E-state index is 0. The van der Waals surface area contributed by atoms with Crippen molar-refractivity contribution >= 4 is 71.7 Å². The van der Waals surface area contributed by atoms with Gasteiger partial charge in [-0.05, 0) is 0 Å². The summed E-state index contributed by atoms with van der Waals surface area (Å²) >= 11 is 0. The van der Waals surface area contributed by atoms with Gasteiger partial charge in [-0.1, -0.05) is 0 Å². The molecular formula is H7BiOSrTa. The third-order valence-electron chi connectivity index (χ3n) is 0. The molecule has 2 N–H and O–H groups in total. The van der Waals surface area contributed by atoms with Crippen molar-refractivity contribution in [3.05, 3.63) is 0 Å². The van der Waals surface area contributed by atoms with Gasteiger partial charge < -0.3 is 5.48 Å². The monoisotopic (exact) mass is 501 g/mol. The standard InChI is InChI=1S/Bi.H2O.Sr.Ta.5H/h;1H2;;;;;;;. The summed E-state index contributed by atoms with van der Waals surface area (Å²) in [5.41, 5.74) is 0. The van der Waals surface area contributed by atoms with Crippen LogP contribution in [0.4, 0.5) is 0 Å². The van der Waals surface area contributed by atoms with Crippen LogP contribution in [0.1, 0.15) is 0 Å². The molecule has 1 nitrogen and oxygen atoms in total. The molecule has 0 aromatic rings. The van der Waals surface area contributed by atoms with E-state index in [2.05, 4.69) is 0 Å². The molecule has 0 fully saturated rings. The van der Waals surface area contributed by atoms with Crippen LogP contribution in [0.2, 0.25) is 0 Å². The summed E-state index contributed by atoms with van der Waals surface area (Å²) in [7, 11) is 0. The van der Waals surface area contributed by atoms with E-state index >= 15 is 0 Å². The van der Waals surface area contributed by atoms with Gasteiger partial charge in [-0.15, -0.1) is 0 Å². The molecule has 0 saturated heterocycles. The van der Waals surface area contributed by atoms with Crippen LogP contribution in [0.3, 0.4) is 0 Å². The van der Waals surface area contributed by atoms with Gasteiger partial charge in [0, 0.05) is 22.4 Å². The van der Waals surface area contributed by atoms with Gasteiger partial charge in [0.15, 0.2) is 0 Å². The maximum atomic E-state index is 0. The normalized spacial score (nSPS) is 0. The van der Waals surface area contributed by atoms with Gasteiger partial charge in [-0.25, -0.2) is 0 Å². The van der Waals surface area contributed by atoms with Crippen LogP contribution in [0.25, 0.3) is 0 Å². The molecule has 0 saturated carbocycles. The molecule has 0 aromatic heterocycles. The second kappa shape index (κ2) is 16.6. The Morgan fingerprint density at radius 1 is 1.00 bits per heavy atom. The van der Waals surface area contributed by atoms with Crippen LogP contribution in [-0.4, -0.2) is 77.2 Å². The molecule has 1 radical (unpaired) electrons. The Bertz CT molecular complexity index is 8.00. The van der Waals surface area contributed by atoms with Gasteiger partial charge in [0.2, 0.25) is 0 Å². The van der Waals surface area contributed by atoms with Crippen LogP contribution in [0, 0.1) is 0 Å². The molecule has 0 aliphatic carbocycles. The molecule has 0 aliphatic heterocycles. The van der Waals surface area contributed by atoms with Crippen molar-refractivity contribution in [2.75, 3.05) is 0 Å². The van der Waals surface area contributed by atoms with Crippen LogP contribution in [0.15, 0.2) is 0 Å². The third kappa shape index (κ3) is 8.91. The van der Waals surface area contributed by atoms with Crippen molar-refractivity contribution in [2.24, 2.45) is 0 Å². The first-order chi connectivity index (χ1) is 0. The van der Waals surface area contributed by atoms with E-state index in [-0.39, 0.29) is 99.5 Å². The second-order valence-electron chi connectivity index (χ2n) is 0. The zero-order valence-corrected chi connectivity index (χ0v) is 10.4. The molecule has 0 atom stereocenters. The zero-order chi connectivity index (χ0) is 0. The molecule has 0 unspecified atom stereocenters. The Kier molecular flexibility index (Phi) is 115. The summed E-state index contributed by atoms with van der Waals surface area (Å²) in [6.45, 7) is 0. The van der Waals surface area contributed by atoms with E-state index in [1.165, 1.54) is 0 Å². The van der Waals surface area contributed by atoms with Crippen molar-refractivity contribution in [3.63, 3.8) is 0 Å². The van der Waals surface area contributed by atoms with Gasteiger partial charge >= 0.3 is 71.7 Å². The predicted octanol–water partition coefficient (Wildman–Crippen LogP) is -2.93. The molecule has 0 aromatic carbocycles. The van der Waals surface area contributed by atoms with E-state index in [1.54, 1.807) is 0 Å². The van der Waals surface area contributed by atoms with Crippen LogP contribution >= 0.6 is 0 Å². The molecule has 0 bridgehead atoms. The summed E-state index contributed by atoms with van der Waals surface area (Å²) in [6.07, 6.45) is 0. The number of hydrogen-bond acceptors (Lipinski definition) is 0. The first kappa shape index (κ1) is 27.7. The van der Waals surface area contributed by atoms with Crippen molar-refractivity contribution < 1.29 is 27.9 Å². The van der Waals surface area contributed by atoms with Crippen molar-refractivity contribution in [1.82, 2.24) is 0 Å². The summed E-state index contributed by atoms with van der Waals surface area (Å²) in [5, 5.41) is 0. The maximum Gasteiger partial charge on any atom is 0 e. The summed E-state index contributed by atoms with van der Waals surface area (Å²) in [6, 6.07) is 0. The molecule has 0 heterocycles. The first-order valence-electron chi connectivity index (χ1n) is 0. The summed E-state index contributed by atoms with van der Waals surface area (Å²) in [5.74, 6) is 0. The maximum absolute atomic E-state index is 0. The van der Waals surface area contributed by atoms with E-state index in [4.69, 9.17) is 0 Å². The SMILES string of the molecule is O.[BiH3].[SrH2].[Ta]. The average molecular weight is 501 g/mol. The summed E-state index contributed by atoms with van der Waals surface area (Å²) in [4.78, 5) is 0. The molecule has 0 rings (SSSR count). The molecular weight excluding hydrogens is 494 g/mol. The molecule has 0 spiro atoms. The van der Waals surface area contributed by atoms with E-state index in [1.807, 2.05) is 0 Å². The van der Waals surface area contributed by atoms with Crippen molar-refractivity contribution in [2.45, 2.75) is 0 Å². The Labute approximate surface area is 97.1 Å². The largest absolute Gasteiger partial charge is 0 e. The Morgan fingerprint density at radius 2 is 1.00 bits per heavy atom. The fourth-order valence-electron chi connectivity index (χ4n) is 0. The van der Waals surface area contributed by atoms with Crippen LogP contribution in [-0.2, 0) is 22.4 Å². The third-order valence-corrected chi connectivity index (χ3v) is 0. The topological polar surface area (TPSA) is 31.5 Å². The molecule has 0 amide bonds. The fourth-order valence-corrected chi connectivity index (χ4v) is 0. The van der Waals surface area contributed by atoms with Crippen LogP contribution < -0.4 is 0 Å². The first-order valence-corrected chi connectivity index (χ1v) is 0. The Hall–Kier alpha value is 3.06. The Balaban J connectivity index is 0. The molecule has 4 heteroatoms. The zero-order valence-electron chi connectivity index (χ0n) is 1.65. The van der Waals surface area contributed by atoms with Crippen molar-refractivity contribution in [1.29, 1.82) is 0 Å². The minimum Gasteiger partial charge on any atom is 0 e. The number of rotatable bonds is 0. The molecule has 25 valence electrons. The van der Waals surface area contributed by atoms with E-state index in [9.17, 15) is 0 Å². The van der Waals surface area contributed by atoms with Crippen LogP contribution in [0.5, 0.6) is 0 Å². The minimum absolute atomic E-state index is 0. The smallest absolute Gasteiger partial charge is 0 e. The predicted molar refractivity (Wildman–Crippen MR) is 22.1 cm³/mol. The summed E-state index contributed by atoms with van der Waals surface area (Å²) < 4.78 is 0. The van der Waals surface area contributed by atoms with Gasteiger partial charge in [0.1, 0.15) is 0 Å². The van der Waals surface area contributed by atoms with Gasteiger partial charge in [0.25, 0.3) is 0 Å². The number of hydrogen-bond donors (Lipinski definition) is 0. The van der Waals surface area contributed by atoms with Crippen molar-refractivity contribution in [3.8, 4) is 0 Å². The second-order valence-corrected chi connectivity index (χ2v) is 0. The van der Waals surface area contributed by atoms with E-state index < -0.39 is 0 Å². The molecule has 0 aliphatic rings. The average Bonchev–Trinajstić information content (AvgIpc) is 0. The van der Waals surface area contributed by atoms with Gasteiger partial charge in [-0.2, -0.15) is 0 Å². The van der Waals surface area contributed by atoms with Gasteiger partial charge in [-0.3, -0.25) is 0 Å². The molecule has 4 heavy (non-hydrogen) atoms. The van der Waals surface area contributed by atoms with E-state index in [0.717, 1.165) is 0 Å². The Morgan fingerprint density at radius 3 is 1.00 bits per heavy atom. The van der Waals surface area contributed by atoms with E-state index in [0.29, 0.717) is 0 Å². The fraction of sp³-hybridized carbons (Fsp3) is 0. The quantitative estimate of drug-likeness (QED) is 0.319.